The summed E-state index contributed by atoms with van der Waals surface area (Å²) in [7, 11) is 1.54. The fourth-order valence-electron chi connectivity index (χ4n) is 3.95. The lowest BCUT2D eigenvalue weighted by atomic mass is 10.1. The van der Waals surface area contributed by atoms with Gasteiger partial charge in [-0.3, -0.25) is 14.6 Å². The number of aromatic nitrogens is 2. The Kier molecular flexibility index (Phi) is 4.25. The number of benzene rings is 2. The predicted octanol–water partition coefficient (Wildman–Crippen LogP) is 1.97. The number of amides is 2. The molecule has 0 radical (unpaired) electrons. The van der Waals surface area contributed by atoms with E-state index >= 15 is 0 Å². The molecule has 1 fully saturated rings. The quantitative estimate of drug-likeness (QED) is 0.537. The van der Waals surface area contributed by atoms with Crippen molar-refractivity contribution in [3.8, 4) is 28.6 Å². The first kappa shape index (κ1) is 19.2. The number of nitrogens with zero attached hydrogens (tertiary/aromatic N) is 6. The van der Waals surface area contributed by atoms with Crippen molar-refractivity contribution in [3.63, 3.8) is 0 Å². The van der Waals surface area contributed by atoms with Crippen molar-refractivity contribution >= 4 is 17.5 Å². The Morgan fingerprint density at radius 1 is 1.06 bits per heavy atom. The molecule has 33 heavy (non-hydrogen) atoms. The molecule has 0 spiro atoms. The van der Waals surface area contributed by atoms with E-state index in [4.69, 9.17) is 18.7 Å². The molecule has 12 heteroatoms. The minimum Gasteiger partial charge on any atom is -0.497 e. The molecule has 2 aromatic carbocycles. The standard InChI is InChI=1S/C21H16N6O6/c1-30-13-5-3-12(4-6-13)27-20(28)17-18(21(27)29)26(25-23-17)9-16-22-19(24-33-16)11-2-7-14-15(8-11)32-10-31-14/h2-8,17-18H,9-10H2,1H3/t17-,18+/m0/s1. The van der Waals surface area contributed by atoms with Crippen LogP contribution < -0.4 is 19.1 Å². The Morgan fingerprint density at radius 2 is 1.88 bits per heavy atom. The van der Waals surface area contributed by atoms with Gasteiger partial charge < -0.3 is 18.7 Å². The first-order valence-electron chi connectivity index (χ1n) is 10.0. The summed E-state index contributed by atoms with van der Waals surface area (Å²) in [5, 5.41) is 13.4. The summed E-state index contributed by atoms with van der Waals surface area (Å²) in [5.41, 5.74) is 1.13. The number of fused-ring (bicyclic) bond motifs is 2. The van der Waals surface area contributed by atoms with Gasteiger partial charge in [0.1, 0.15) is 12.3 Å². The van der Waals surface area contributed by atoms with Crippen molar-refractivity contribution in [2.24, 2.45) is 10.3 Å². The molecule has 0 unspecified atom stereocenters. The van der Waals surface area contributed by atoms with Crippen molar-refractivity contribution in [2.45, 2.75) is 18.6 Å². The Hall–Kier alpha value is -4.48. The van der Waals surface area contributed by atoms with Gasteiger partial charge in [0.15, 0.2) is 23.6 Å². The summed E-state index contributed by atoms with van der Waals surface area (Å²) in [6.45, 7) is 0.191. The van der Waals surface area contributed by atoms with E-state index in [0.717, 1.165) is 4.90 Å². The first-order valence-corrected chi connectivity index (χ1v) is 10.0. The van der Waals surface area contributed by atoms with Crippen LogP contribution in [-0.2, 0) is 16.1 Å². The molecule has 6 rings (SSSR count). The van der Waals surface area contributed by atoms with E-state index in [1.165, 1.54) is 5.01 Å². The Labute approximate surface area is 186 Å². The van der Waals surface area contributed by atoms with E-state index in [-0.39, 0.29) is 19.2 Å². The number of hydrogen-bond donors (Lipinski definition) is 0. The van der Waals surface area contributed by atoms with Crippen LogP contribution in [0.25, 0.3) is 11.4 Å². The number of methoxy groups -OCH3 is 1. The van der Waals surface area contributed by atoms with E-state index in [9.17, 15) is 9.59 Å². The molecule has 4 heterocycles. The number of rotatable bonds is 5. The second-order valence-electron chi connectivity index (χ2n) is 7.48. The minimum absolute atomic E-state index is 0.0255. The number of carbonyl (C=O) groups excluding carboxylic acids is 2. The second-order valence-corrected chi connectivity index (χ2v) is 7.48. The molecular weight excluding hydrogens is 432 g/mol. The van der Waals surface area contributed by atoms with E-state index in [1.54, 1.807) is 49.6 Å². The highest BCUT2D eigenvalue weighted by molar-refractivity contribution is 6.25. The van der Waals surface area contributed by atoms with E-state index in [2.05, 4.69) is 20.5 Å². The molecule has 1 aromatic heterocycles. The fraction of sp³-hybridized carbons (Fsp3) is 0.238. The minimum atomic E-state index is -0.921. The zero-order valence-corrected chi connectivity index (χ0v) is 17.2. The maximum Gasteiger partial charge on any atom is 0.263 e. The highest BCUT2D eigenvalue weighted by Crippen LogP contribution is 2.36. The third-order valence-electron chi connectivity index (χ3n) is 5.58. The first-order chi connectivity index (χ1) is 16.1. The van der Waals surface area contributed by atoms with Crippen molar-refractivity contribution in [2.75, 3.05) is 18.8 Å². The lowest BCUT2D eigenvalue weighted by molar-refractivity contribution is -0.123. The van der Waals surface area contributed by atoms with Crippen LogP contribution in [0.15, 0.2) is 57.3 Å². The van der Waals surface area contributed by atoms with Crippen molar-refractivity contribution in [3.05, 3.63) is 48.4 Å². The number of hydrogen-bond acceptors (Lipinski definition) is 11. The molecule has 166 valence electrons. The van der Waals surface area contributed by atoms with Crippen LogP contribution >= 0.6 is 0 Å². The molecule has 2 amide bonds. The molecular formula is C21H16N6O6. The van der Waals surface area contributed by atoms with Crippen LogP contribution in [0.4, 0.5) is 5.69 Å². The highest BCUT2D eigenvalue weighted by atomic mass is 16.7. The molecule has 12 nitrogen and oxygen atoms in total. The molecule has 1 saturated heterocycles. The van der Waals surface area contributed by atoms with Gasteiger partial charge in [0.25, 0.3) is 11.8 Å². The average molecular weight is 448 g/mol. The number of ether oxygens (including phenoxy) is 3. The summed E-state index contributed by atoms with van der Waals surface area (Å²) in [6.07, 6.45) is 0. The number of carbonyl (C=O) groups is 2. The SMILES string of the molecule is COc1ccc(N2C(=O)[C@H]3N=NN(Cc4nc(-c5ccc6c(c5)OCO6)no4)[C@H]3C2=O)cc1. The number of imide groups is 1. The molecule has 0 N–H and O–H groups in total. The van der Waals surface area contributed by atoms with Crippen LogP contribution in [-0.4, -0.2) is 53.0 Å². The van der Waals surface area contributed by atoms with Crippen molar-refractivity contribution in [1.29, 1.82) is 0 Å². The molecule has 2 atom stereocenters. The van der Waals surface area contributed by atoms with Crippen molar-refractivity contribution in [1.82, 2.24) is 15.1 Å². The van der Waals surface area contributed by atoms with Gasteiger partial charge in [-0.2, -0.15) is 10.1 Å². The fourth-order valence-corrected chi connectivity index (χ4v) is 3.95. The average Bonchev–Trinajstić information content (AvgIpc) is 3.61. The molecule has 0 bridgehead atoms. The number of anilines is 1. The maximum absolute atomic E-state index is 13.1. The van der Waals surface area contributed by atoms with Gasteiger partial charge in [-0.15, -0.1) is 0 Å². The predicted molar refractivity (Wildman–Crippen MR) is 109 cm³/mol. The van der Waals surface area contributed by atoms with Crippen LogP contribution in [0.1, 0.15) is 5.89 Å². The summed E-state index contributed by atoms with van der Waals surface area (Å²) >= 11 is 0. The topological polar surface area (TPSA) is 132 Å². The Bertz CT molecular complexity index is 1290. The van der Waals surface area contributed by atoms with Gasteiger partial charge in [0.05, 0.1) is 12.8 Å². The van der Waals surface area contributed by atoms with E-state index in [1.807, 2.05) is 0 Å². The lowest BCUT2D eigenvalue weighted by Gasteiger charge is -2.19. The third-order valence-corrected chi connectivity index (χ3v) is 5.58. The van der Waals surface area contributed by atoms with Crippen LogP contribution in [0.3, 0.4) is 0 Å². The van der Waals surface area contributed by atoms with Gasteiger partial charge in [0.2, 0.25) is 18.5 Å². The normalized spacial score (nSPS) is 20.6. The molecule has 3 aromatic rings. The maximum atomic E-state index is 13.1. The van der Waals surface area contributed by atoms with Crippen molar-refractivity contribution < 1.29 is 28.3 Å². The zero-order valence-electron chi connectivity index (χ0n) is 17.2. The molecule has 0 aliphatic carbocycles. The van der Waals surface area contributed by atoms with Gasteiger partial charge in [-0.25, -0.2) is 4.90 Å². The zero-order chi connectivity index (χ0) is 22.5. The van der Waals surface area contributed by atoms with Crippen LogP contribution in [0.2, 0.25) is 0 Å². The molecule has 3 aliphatic heterocycles. The van der Waals surface area contributed by atoms with Crippen LogP contribution in [0, 0.1) is 0 Å². The molecule has 3 aliphatic rings. The second kappa shape index (κ2) is 7.29. The van der Waals surface area contributed by atoms with Crippen LogP contribution in [0.5, 0.6) is 17.2 Å². The van der Waals surface area contributed by atoms with Gasteiger partial charge >= 0.3 is 0 Å². The monoisotopic (exact) mass is 448 g/mol. The van der Waals surface area contributed by atoms with Gasteiger partial charge in [0, 0.05) is 5.56 Å². The highest BCUT2D eigenvalue weighted by Gasteiger charge is 2.55. The van der Waals surface area contributed by atoms with Gasteiger partial charge in [-0.05, 0) is 42.5 Å². The Balaban J connectivity index is 1.21. The summed E-state index contributed by atoms with van der Waals surface area (Å²) in [6, 6.07) is 10.2. The van der Waals surface area contributed by atoms with E-state index < -0.39 is 23.9 Å². The summed E-state index contributed by atoms with van der Waals surface area (Å²) in [4.78, 5) is 31.5. The summed E-state index contributed by atoms with van der Waals surface area (Å²) < 4.78 is 21.2. The van der Waals surface area contributed by atoms with E-state index in [0.29, 0.717) is 34.3 Å². The smallest absolute Gasteiger partial charge is 0.263 e. The molecule has 0 saturated carbocycles. The van der Waals surface area contributed by atoms with Gasteiger partial charge in [-0.1, -0.05) is 10.4 Å². The summed E-state index contributed by atoms with van der Waals surface area (Å²) in [5.74, 6) is 1.59. The lowest BCUT2D eigenvalue weighted by Crippen LogP contribution is -2.39. The Morgan fingerprint density at radius 3 is 2.70 bits per heavy atom. The largest absolute Gasteiger partial charge is 0.497 e. The third kappa shape index (κ3) is 3.06.